The molecule has 0 spiro atoms. The number of benzene rings is 3. The van der Waals surface area contributed by atoms with Crippen LogP contribution in [0, 0.1) is 0 Å². The number of carbonyl (C=O) groups excluding carboxylic acids is 1. The van der Waals surface area contributed by atoms with Crippen LogP contribution in [0.5, 0.6) is 0 Å². The van der Waals surface area contributed by atoms with E-state index in [1.54, 1.807) is 0 Å². The third-order valence-electron chi connectivity index (χ3n) is 6.00. The van der Waals surface area contributed by atoms with Gasteiger partial charge < -0.3 is 4.74 Å². The van der Waals surface area contributed by atoms with Gasteiger partial charge in [0.25, 0.3) is 0 Å². The molecule has 1 unspecified atom stereocenters. The third-order valence-corrected chi connectivity index (χ3v) is 7.05. The van der Waals surface area contributed by atoms with Gasteiger partial charge in [0.1, 0.15) is 12.3 Å². The lowest BCUT2D eigenvalue weighted by Crippen LogP contribution is -2.30. The molecule has 4 rings (SSSR count). The molecule has 0 aromatic heterocycles. The lowest BCUT2D eigenvalue weighted by molar-refractivity contribution is -0.141. The monoisotopic (exact) mass is 489 g/mol. The van der Waals surface area contributed by atoms with E-state index in [0.717, 1.165) is 36.0 Å². The zero-order valence-corrected chi connectivity index (χ0v) is 19.6. The summed E-state index contributed by atoms with van der Waals surface area (Å²) in [7, 11) is 0. The maximum atomic E-state index is 12.7. The summed E-state index contributed by atoms with van der Waals surface area (Å²) in [4.78, 5) is 17.7. The van der Waals surface area contributed by atoms with Crippen LogP contribution < -0.4 is 0 Å². The molecule has 0 amide bonds. The molecule has 32 heavy (non-hydrogen) atoms. The SMILES string of the molecule is O=C(C=NC(c1ccccc1)C(c1ccccc1)c1ccccc1)O[C@@H]1CCCC[C@H]1Br. The minimum Gasteiger partial charge on any atom is -0.457 e. The molecule has 1 saturated carbocycles. The van der Waals surface area contributed by atoms with Crippen molar-refractivity contribution in [2.75, 3.05) is 0 Å². The molecule has 0 N–H and O–H groups in total. The molecule has 0 saturated heterocycles. The molecule has 3 aromatic carbocycles. The number of rotatable bonds is 7. The predicted molar refractivity (Wildman–Crippen MR) is 133 cm³/mol. The molecule has 1 aliphatic rings. The molecule has 0 radical (unpaired) electrons. The number of esters is 1. The Hall–Kier alpha value is -2.72. The van der Waals surface area contributed by atoms with Gasteiger partial charge in [-0.05, 0) is 36.0 Å². The highest BCUT2D eigenvalue weighted by Crippen LogP contribution is 2.39. The van der Waals surface area contributed by atoms with Crippen LogP contribution >= 0.6 is 15.9 Å². The van der Waals surface area contributed by atoms with E-state index < -0.39 is 0 Å². The first-order valence-electron chi connectivity index (χ1n) is 11.2. The van der Waals surface area contributed by atoms with Gasteiger partial charge in [0.2, 0.25) is 0 Å². The van der Waals surface area contributed by atoms with Crippen molar-refractivity contribution in [1.29, 1.82) is 0 Å². The molecule has 3 atom stereocenters. The number of aliphatic imine (C=N–C) groups is 1. The predicted octanol–water partition coefficient (Wildman–Crippen LogP) is 6.88. The average molecular weight is 490 g/mol. The second-order valence-corrected chi connectivity index (χ2v) is 9.38. The minimum atomic E-state index is -0.373. The molecule has 0 bridgehead atoms. The summed E-state index contributed by atoms with van der Waals surface area (Å²) in [6.45, 7) is 0. The number of halogens is 1. The van der Waals surface area contributed by atoms with Gasteiger partial charge in [-0.3, -0.25) is 4.99 Å². The Balaban J connectivity index is 1.66. The Labute approximate surface area is 198 Å². The van der Waals surface area contributed by atoms with Crippen LogP contribution in [-0.2, 0) is 9.53 Å². The summed E-state index contributed by atoms with van der Waals surface area (Å²) in [5.41, 5.74) is 3.38. The Morgan fingerprint density at radius 3 is 1.84 bits per heavy atom. The number of hydrogen-bond acceptors (Lipinski definition) is 3. The normalized spacial score (nSPS) is 19.7. The van der Waals surface area contributed by atoms with Gasteiger partial charge in [-0.25, -0.2) is 4.79 Å². The Kier molecular flexibility index (Phi) is 7.89. The van der Waals surface area contributed by atoms with Gasteiger partial charge in [-0.1, -0.05) is 113 Å². The standard InChI is InChI=1S/C28H28BrNO2/c29-24-18-10-11-19-25(24)32-26(31)20-30-28(23-16-8-3-9-17-23)27(21-12-4-1-5-13-21)22-14-6-2-7-15-22/h1-9,12-17,20,24-25,27-28H,10-11,18-19H2/t24-,25-,28?/m1/s1. The van der Waals surface area contributed by atoms with Gasteiger partial charge in [-0.15, -0.1) is 0 Å². The summed E-state index contributed by atoms with van der Waals surface area (Å²) in [6.07, 6.45) is 5.49. The van der Waals surface area contributed by atoms with Crippen molar-refractivity contribution in [3.8, 4) is 0 Å². The van der Waals surface area contributed by atoms with Crippen molar-refractivity contribution in [3.63, 3.8) is 0 Å². The van der Waals surface area contributed by atoms with Crippen molar-refractivity contribution in [3.05, 3.63) is 108 Å². The van der Waals surface area contributed by atoms with Crippen molar-refractivity contribution in [2.24, 2.45) is 4.99 Å². The van der Waals surface area contributed by atoms with Gasteiger partial charge >= 0.3 is 5.97 Å². The van der Waals surface area contributed by atoms with Crippen LogP contribution in [0.25, 0.3) is 0 Å². The lowest BCUT2D eigenvalue weighted by atomic mass is 9.82. The minimum absolute atomic E-state index is 0.0255. The molecule has 164 valence electrons. The number of nitrogens with zero attached hydrogens (tertiary/aromatic N) is 1. The van der Waals surface area contributed by atoms with Gasteiger partial charge in [0, 0.05) is 5.92 Å². The van der Waals surface area contributed by atoms with Crippen molar-refractivity contribution in [2.45, 2.75) is 48.6 Å². The highest BCUT2D eigenvalue weighted by Gasteiger charge is 2.28. The molecule has 0 aliphatic heterocycles. The Morgan fingerprint density at radius 2 is 1.31 bits per heavy atom. The fraction of sp³-hybridized carbons (Fsp3) is 0.286. The fourth-order valence-corrected chi connectivity index (χ4v) is 5.09. The highest BCUT2D eigenvalue weighted by molar-refractivity contribution is 9.09. The van der Waals surface area contributed by atoms with Crippen LogP contribution in [0.3, 0.4) is 0 Å². The molecule has 0 heterocycles. The topological polar surface area (TPSA) is 38.7 Å². The zero-order valence-electron chi connectivity index (χ0n) is 18.0. The van der Waals surface area contributed by atoms with Gasteiger partial charge in [0.05, 0.1) is 10.9 Å². The smallest absolute Gasteiger partial charge is 0.349 e. The zero-order chi connectivity index (χ0) is 22.2. The molecular weight excluding hydrogens is 462 g/mol. The van der Waals surface area contributed by atoms with Gasteiger partial charge in [-0.2, -0.15) is 0 Å². The molecule has 1 aliphatic carbocycles. The fourth-order valence-electron chi connectivity index (χ4n) is 4.40. The van der Waals surface area contributed by atoms with E-state index in [1.165, 1.54) is 12.6 Å². The maximum absolute atomic E-state index is 12.7. The third kappa shape index (κ3) is 5.74. The number of hydrogen-bond donors (Lipinski definition) is 0. The summed E-state index contributed by atoms with van der Waals surface area (Å²) in [5, 5.41) is 0. The highest BCUT2D eigenvalue weighted by atomic mass is 79.9. The van der Waals surface area contributed by atoms with E-state index >= 15 is 0 Å². The van der Waals surface area contributed by atoms with Crippen molar-refractivity contribution in [1.82, 2.24) is 0 Å². The molecule has 3 nitrogen and oxygen atoms in total. The second kappa shape index (κ2) is 11.2. The van der Waals surface area contributed by atoms with Crippen molar-refractivity contribution >= 4 is 28.1 Å². The lowest BCUT2D eigenvalue weighted by Gasteiger charge is -2.27. The summed E-state index contributed by atoms with van der Waals surface area (Å²) in [5.74, 6) is -0.399. The summed E-state index contributed by atoms with van der Waals surface area (Å²) in [6, 6.07) is 30.6. The number of carbonyl (C=O) groups is 1. The number of ether oxygens (including phenoxy) is 1. The average Bonchev–Trinajstić information content (AvgIpc) is 2.85. The largest absolute Gasteiger partial charge is 0.457 e. The first kappa shape index (κ1) is 22.5. The Morgan fingerprint density at radius 1 is 0.812 bits per heavy atom. The molecule has 4 heteroatoms. The summed E-state index contributed by atoms with van der Waals surface area (Å²) >= 11 is 3.66. The van der Waals surface area contributed by atoms with Crippen LogP contribution in [0.1, 0.15) is 54.3 Å². The maximum Gasteiger partial charge on any atom is 0.349 e. The number of alkyl halides is 1. The van der Waals surface area contributed by atoms with E-state index in [1.807, 2.05) is 54.6 Å². The van der Waals surface area contributed by atoms with Crippen LogP contribution in [-0.4, -0.2) is 23.1 Å². The second-order valence-electron chi connectivity index (χ2n) is 8.21. The Bertz CT molecular complexity index is 968. The first-order valence-corrected chi connectivity index (χ1v) is 12.2. The molecular formula is C28H28BrNO2. The molecule has 1 fully saturated rings. The van der Waals surface area contributed by atoms with E-state index in [4.69, 9.17) is 9.73 Å². The van der Waals surface area contributed by atoms with Crippen LogP contribution in [0.2, 0.25) is 0 Å². The van der Waals surface area contributed by atoms with E-state index in [2.05, 4.69) is 52.3 Å². The van der Waals surface area contributed by atoms with E-state index in [0.29, 0.717) is 0 Å². The van der Waals surface area contributed by atoms with Crippen LogP contribution in [0.4, 0.5) is 0 Å². The van der Waals surface area contributed by atoms with Crippen LogP contribution in [0.15, 0.2) is 96.0 Å². The first-order chi connectivity index (χ1) is 15.7. The van der Waals surface area contributed by atoms with E-state index in [-0.39, 0.29) is 28.9 Å². The van der Waals surface area contributed by atoms with Crippen molar-refractivity contribution < 1.29 is 9.53 Å². The van der Waals surface area contributed by atoms with E-state index in [9.17, 15) is 4.79 Å². The summed E-state index contributed by atoms with van der Waals surface area (Å²) < 4.78 is 5.75. The molecule has 3 aromatic rings. The van der Waals surface area contributed by atoms with Gasteiger partial charge in [0.15, 0.2) is 0 Å². The quantitative estimate of drug-likeness (QED) is 0.206.